The lowest BCUT2D eigenvalue weighted by molar-refractivity contribution is 0.0948. The Morgan fingerprint density at radius 3 is 2.57 bits per heavy atom. The van der Waals surface area contributed by atoms with Gasteiger partial charge in [0.2, 0.25) is 0 Å². The molecule has 7 heteroatoms. The molecule has 144 valence electrons. The SMILES string of the molecule is O=C(NCCc1cc(F)cc(F)c1)c1nn(-c2ccccc2F)c2c1CCC2. The molecule has 4 nitrogen and oxygen atoms in total. The summed E-state index contributed by atoms with van der Waals surface area (Å²) in [6.07, 6.45) is 2.61. The monoisotopic (exact) mass is 385 g/mol. The zero-order chi connectivity index (χ0) is 19.7. The minimum Gasteiger partial charge on any atom is -0.350 e. The van der Waals surface area contributed by atoms with Crippen molar-refractivity contribution in [1.29, 1.82) is 0 Å². The Hall–Kier alpha value is -3.09. The van der Waals surface area contributed by atoms with Crippen LogP contribution in [0, 0.1) is 17.5 Å². The van der Waals surface area contributed by atoms with Crippen LogP contribution in [0.15, 0.2) is 42.5 Å². The van der Waals surface area contributed by atoms with E-state index in [0.717, 1.165) is 30.2 Å². The Bertz CT molecular complexity index is 1030. The molecular weight excluding hydrogens is 367 g/mol. The second kappa shape index (κ2) is 7.50. The van der Waals surface area contributed by atoms with Crippen LogP contribution in [0.3, 0.4) is 0 Å². The maximum atomic E-state index is 14.2. The van der Waals surface area contributed by atoms with E-state index in [2.05, 4.69) is 10.4 Å². The van der Waals surface area contributed by atoms with Gasteiger partial charge in [0, 0.05) is 23.9 Å². The number of aromatic nitrogens is 2. The minimum absolute atomic E-state index is 0.211. The van der Waals surface area contributed by atoms with Crippen LogP contribution in [-0.4, -0.2) is 22.2 Å². The van der Waals surface area contributed by atoms with Gasteiger partial charge in [0.25, 0.3) is 5.91 Å². The number of hydrogen-bond acceptors (Lipinski definition) is 2. The van der Waals surface area contributed by atoms with Crippen molar-refractivity contribution in [2.45, 2.75) is 25.7 Å². The third kappa shape index (κ3) is 3.52. The first-order valence-corrected chi connectivity index (χ1v) is 9.12. The van der Waals surface area contributed by atoms with E-state index in [1.165, 1.54) is 22.9 Å². The number of halogens is 3. The number of fused-ring (bicyclic) bond motifs is 1. The largest absolute Gasteiger partial charge is 0.350 e. The van der Waals surface area contributed by atoms with Gasteiger partial charge in [-0.15, -0.1) is 0 Å². The molecule has 2 aromatic carbocycles. The van der Waals surface area contributed by atoms with E-state index in [4.69, 9.17) is 0 Å². The Morgan fingerprint density at radius 1 is 1.07 bits per heavy atom. The topological polar surface area (TPSA) is 46.9 Å². The highest BCUT2D eigenvalue weighted by atomic mass is 19.1. The van der Waals surface area contributed by atoms with E-state index in [9.17, 15) is 18.0 Å². The summed E-state index contributed by atoms with van der Waals surface area (Å²) in [5.74, 6) is -2.07. The van der Waals surface area contributed by atoms with Gasteiger partial charge in [-0.25, -0.2) is 17.9 Å². The molecule has 0 bridgehead atoms. The van der Waals surface area contributed by atoms with E-state index < -0.39 is 17.5 Å². The molecule has 0 spiro atoms. The Morgan fingerprint density at radius 2 is 1.82 bits per heavy atom. The van der Waals surface area contributed by atoms with Gasteiger partial charge >= 0.3 is 0 Å². The van der Waals surface area contributed by atoms with Gasteiger partial charge in [-0.2, -0.15) is 5.10 Å². The van der Waals surface area contributed by atoms with Crippen LogP contribution in [0.5, 0.6) is 0 Å². The fraction of sp³-hybridized carbons (Fsp3) is 0.238. The molecule has 4 rings (SSSR count). The first-order chi connectivity index (χ1) is 13.5. The number of carbonyl (C=O) groups is 1. The van der Waals surface area contributed by atoms with E-state index in [0.29, 0.717) is 17.7 Å². The molecule has 0 saturated carbocycles. The molecule has 0 radical (unpaired) electrons. The number of hydrogen-bond donors (Lipinski definition) is 1. The van der Waals surface area contributed by atoms with Crippen molar-refractivity contribution in [1.82, 2.24) is 15.1 Å². The lowest BCUT2D eigenvalue weighted by Crippen LogP contribution is -2.27. The summed E-state index contributed by atoms with van der Waals surface area (Å²) in [5, 5.41) is 7.10. The third-order valence-electron chi connectivity index (χ3n) is 4.85. The van der Waals surface area contributed by atoms with Gasteiger partial charge in [-0.05, 0) is 55.5 Å². The lowest BCUT2D eigenvalue weighted by Gasteiger charge is -2.07. The van der Waals surface area contributed by atoms with Crippen molar-refractivity contribution in [2.24, 2.45) is 0 Å². The Labute approximate surface area is 160 Å². The van der Waals surface area contributed by atoms with Gasteiger partial charge in [0.1, 0.15) is 23.1 Å². The summed E-state index contributed by atoms with van der Waals surface area (Å²) < 4.78 is 42.2. The summed E-state index contributed by atoms with van der Waals surface area (Å²) in [6, 6.07) is 9.59. The predicted molar refractivity (Wildman–Crippen MR) is 97.9 cm³/mol. The van der Waals surface area contributed by atoms with Crippen molar-refractivity contribution in [3.8, 4) is 5.69 Å². The molecule has 0 atom stereocenters. The lowest BCUT2D eigenvalue weighted by atomic mass is 10.1. The minimum atomic E-state index is -0.650. The van der Waals surface area contributed by atoms with Crippen LogP contribution in [-0.2, 0) is 19.3 Å². The maximum Gasteiger partial charge on any atom is 0.272 e. The normalized spacial score (nSPS) is 12.8. The van der Waals surface area contributed by atoms with Gasteiger partial charge in [-0.3, -0.25) is 4.79 Å². The predicted octanol–water partition coefficient (Wildman–Crippen LogP) is 3.75. The van der Waals surface area contributed by atoms with Gasteiger partial charge < -0.3 is 5.32 Å². The summed E-state index contributed by atoms with van der Waals surface area (Å²) >= 11 is 0. The highest BCUT2D eigenvalue weighted by Gasteiger charge is 2.27. The van der Waals surface area contributed by atoms with Crippen molar-refractivity contribution < 1.29 is 18.0 Å². The Balaban J connectivity index is 1.52. The number of nitrogens with one attached hydrogen (secondary N) is 1. The fourth-order valence-corrected chi connectivity index (χ4v) is 3.60. The van der Waals surface area contributed by atoms with Crippen LogP contribution in [0.25, 0.3) is 5.69 Å². The molecule has 0 fully saturated rings. The molecule has 1 heterocycles. The second-order valence-electron chi connectivity index (χ2n) is 6.77. The molecular formula is C21H18F3N3O. The van der Waals surface area contributed by atoms with Crippen LogP contribution in [0.4, 0.5) is 13.2 Å². The van der Waals surface area contributed by atoms with Gasteiger partial charge in [0.05, 0.1) is 0 Å². The van der Waals surface area contributed by atoms with E-state index in [1.807, 2.05) is 0 Å². The first kappa shape index (κ1) is 18.3. The summed E-state index contributed by atoms with van der Waals surface area (Å²) in [4.78, 5) is 12.6. The molecule has 0 saturated heterocycles. The number of amides is 1. The fourth-order valence-electron chi connectivity index (χ4n) is 3.60. The van der Waals surface area contributed by atoms with Crippen molar-refractivity contribution in [2.75, 3.05) is 6.54 Å². The van der Waals surface area contributed by atoms with E-state index in [1.54, 1.807) is 18.2 Å². The molecule has 1 aliphatic rings. The number of rotatable bonds is 5. The molecule has 28 heavy (non-hydrogen) atoms. The second-order valence-corrected chi connectivity index (χ2v) is 6.77. The summed E-state index contributed by atoms with van der Waals surface area (Å²) in [7, 11) is 0. The summed E-state index contributed by atoms with van der Waals surface area (Å²) in [5.41, 5.74) is 2.73. The number of benzene rings is 2. The van der Waals surface area contributed by atoms with Crippen LogP contribution >= 0.6 is 0 Å². The van der Waals surface area contributed by atoms with Crippen molar-refractivity contribution in [3.05, 3.63) is 82.4 Å². The zero-order valence-electron chi connectivity index (χ0n) is 15.0. The molecule has 1 aromatic heterocycles. The van der Waals surface area contributed by atoms with E-state index >= 15 is 0 Å². The first-order valence-electron chi connectivity index (χ1n) is 9.12. The average molecular weight is 385 g/mol. The molecule has 0 aliphatic heterocycles. The molecule has 1 N–H and O–H groups in total. The van der Waals surface area contributed by atoms with Crippen LogP contribution in [0.1, 0.15) is 33.7 Å². The molecule has 3 aromatic rings. The van der Waals surface area contributed by atoms with Gasteiger partial charge in [-0.1, -0.05) is 12.1 Å². The van der Waals surface area contributed by atoms with Gasteiger partial charge in [0.15, 0.2) is 5.69 Å². The van der Waals surface area contributed by atoms with Crippen molar-refractivity contribution >= 4 is 5.91 Å². The molecule has 1 aliphatic carbocycles. The summed E-state index contributed by atoms with van der Waals surface area (Å²) in [6.45, 7) is 0.211. The zero-order valence-corrected chi connectivity index (χ0v) is 15.0. The van der Waals surface area contributed by atoms with Crippen LogP contribution in [0.2, 0.25) is 0 Å². The number of carbonyl (C=O) groups excluding carboxylic acids is 1. The third-order valence-corrected chi connectivity index (χ3v) is 4.85. The smallest absolute Gasteiger partial charge is 0.272 e. The van der Waals surface area contributed by atoms with E-state index in [-0.39, 0.29) is 24.6 Å². The molecule has 0 unspecified atom stereocenters. The van der Waals surface area contributed by atoms with Crippen molar-refractivity contribution in [3.63, 3.8) is 0 Å². The highest BCUT2D eigenvalue weighted by Crippen LogP contribution is 2.28. The number of para-hydroxylation sites is 1. The number of nitrogens with zero attached hydrogens (tertiary/aromatic N) is 2. The maximum absolute atomic E-state index is 14.2. The molecule has 1 amide bonds. The quantitative estimate of drug-likeness (QED) is 0.727. The average Bonchev–Trinajstić information content (AvgIpc) is 3.24. The highest BCUT2D eigenvalue weighted by molar-refractivity contribution is 5.94. The van der Waals surface area contributed by atoms with Crippen LogP contribution < -0.4 is 5.32 Å². The Kier molecular flexibility index (Phi) is 4.90. The standard InChI is InChI=1S/C21H18F3N3O/c22-14-10-13(11-15(23)12-14)8-9-25-21(28)20-16-4-3-7-18(16)27(26-20)19-6-2-1-5-17(19)24/h1-2,5-6,10-12H,3-4,7-9H2,(H,25,28).